The number of nitrogen functional groups attached to an aromatic ring is 1. The van der Waals surface area contributed by atoms with Crippen molar-refractivity contribution in [3.8, 4) is 17.1 Å². The molecule has 6 nitrogen and oxygen atoms in total. The van der Waals surface area contributed by atoms with E-state index in [9.17, 15) is 9.90 Å². The summed E-state index contributed by atoms with van der Waals surface area (Å²) >= 11 is 0. The molecular formula is C16H14N4O2. The molecule has 0 amide bonds. The molecule has 2 aromatic carbocycles. The molecule has 3 rings (SSSR count). The monoisotopic (exact) mass is 294 g/mol. The van der Waals surface area contributed by atoms with Crippen LogP contribution in [-0.2, 0) is 0 Å². The molecule has 1 heterocycles. The maximum atomic E-state index is 11.5. The van der Waals surface area contributed by atoms with Crippen LogP contribution in [0.4, 0.5) is 5.69 Å². The molecule has 1 aromatic heterocycles. The number of aromatic carboxylic acids is 1. The van der Waals surface area contributed by atoms with E-state index in [0.29, 0.717) is 28.6 Å². The van der Waals surface area contributed by atoms with Crippen molar-refractivity contribution < 1.29 is 9.90 Å². The number of hydrogen-bond acceptors (Lipinski definition) is 4. The summed E-state index contributed by atoms with van der Waals surface area (Å²) in [6.07, 6.45) is 0. The lowest BCUT2D eigenvalue weighted by Gasteiger charge is -2.12. The van der Waals surface area contributed by atoms with E-state index in [1.165, 1.54) is 0 Å². The highest BCUT2D eigenvalue weighted by atomic mass is 16.4. The van der Waals surface area contributed by atoms with E-state index < -0.39 is 5.97 Å². The van der Waals surface area contributed by atoms with Gasteiger partial charge in [0.15, 0.2) is 5.82 Å². The average molecular weight is 294 g/mol. The Morgan fingerprint density at radius 1 is 1.09 bits per heavy atom. The number of anilines is 1. The number of nitrogens with zero attached hydrogens (tertiary/aromatic N) is 3. The van der Waals surface area contributed by atoms with Gasteiger partial charge in [0.1, 0.15) is 5.82 Å². The van der Waals surface area contributed by atoms with Gasteiger partial charge in [0.2, 0.25) is 0 Å². The third-order valence-corrected chi connectivity index (χ3v) is 3.40. The van der Waals surface area contributed by atoms with Gasteiger partial charge in [0, 0.05) is 11.3 Å². The summed E-state index contributed by atoms with van der Waals surface area (Å²) in [7, 11) is 0. The first-order chi connectivity index (χ1) is 10.6. The number of benzene rings is 2. The largest absolute Gasteiger partial charge is 0.478 e. The van der Waals surface area contributed by atoms with Crippen LogP contribution in [0.1, 0.15) is 16.2 Å². The second-order valence-corrected chi connectivity index (χ2v) is 4.82. The summed E-state index contributed by atoms with van der Waals surface area (Å²) in [6.45, 7) is 1.77. The van der Waals surface area contributed by atoms with E-state index in [4.69, 9.17) is 5.73 Å². The van der Waals surface area contributed by atoms with Gasteiger partial charge >= 0.3 is 5.97 Å². The van der Waals surface area contributed by atoms with Gasteiger partial charge in [-0.1, -0.05) is 24.3 Å². The molecule has 0 aliphatic rings. The van der Waals surface area contributed by atoms with Crippen molar-refractivity contribution in [1.82, 2.24) is 14.8 Å². The highest BCUT2D eigenvalue weighted by molar-refractivity contribution is 5.92. The Hall–Kier alpha value is -3.15. The molecular weight excluding hydrogens is 280 g/mol. The van der Waals surface area contributed by atoms with Crippen LogP contribution in [0.2, 0.25) is 0 Å². The van der Waals surface area contributed by atoms with E-state index in [-0.39, 0.29) is 5.56 Å². The number of rotatable bonds is 3. The van der Waals surface area contributed by atoms with Crippen molar-refractivity contribution >= 4 is 11.7 Å². The lowest BCUT2D eigenvalue weighted by Crippen LogP contribution is -2.08. The Kier molecular flexibility index (Phi) is 3.34. The number of carboxylic acids is 1. The molecule has 0 bridgehead atoms. The van der Waals surface area contributed by atoms with Crippen LogP contribution in [0.25, 0.3) is 17.1 Å². The van der Waals surface area contributed by atoms with Crippen LogP contribution in [0.15, 0.2) is 48.5 Å². The van der Waals surface area contributed by atoms with Crippen molar-refractivity contribution in [3.63, 3.8) is 0 Å². The first-order valence-electron chi connectivity index (χ1n) is 6.69. The SMILES string of the molecule is Cc1nnc(-c2ccccc2N)n1-c1ccccc1C(=O)O. The van der Waals surface area contributed by atoms with Crippen LogP contribution in [0, 0.1) is 6.92 Å². The van der Waals surface area contributed by atoms with Crippen LogP contribution < -0.4 is 5.73 Å². The molecule has 0 spiro atoms. The van der Waals surface area contributed by atoms with Crippen LogP contribution in [0.3, 0.4) is 0 Å². The summed E-state index contributed by atoms with van der Waals surface area (Å²) in [5.41, 5.74) is 7.97. The number of hydrogen-bond donors (Lipinski definition) is 2. The number of aryl methyl sites for hydroxylation is 1. The van der Waals surface area contributed by atoms with Crippen LogP contribution >= 0.6 is 0 Å². The highest BCUT2D eigenvalue weighted by Crippen LogP contribution is 2.28. The van der Waals surface area contributed by atoms with E-state index in [0.717, 1.165) is 0 Å². The molecule has 0 fully saturated rings. The molecule has 22 heavy (non-hydrogen) atoms. The van der Waals surface area contributed by atoms with Crippen molar-refractivity contribution in [1.29, 1.82) is 0 Å². The smallest absolute Gasteiger partial charge is 0.337 e. The third-order valence-electron chi connectivity index (χ3n) is 3.40. The molecule has 0 saturated heterocycles. The Labute approximate surface area is 126 Å². The molecule has 0 atom stereocenters. The average Bonchev–Trinajstić information content (AvgIpc) is 2.89. The van der Waals surface area contributed by atoms with Gasteiger partial charge < -0.3 is 10.8 Å². The molecule has 0 unspecified atom stereocenters. The molecule has 3 aromatic rings. The standard InChI is InChI=1S/C16H14N4O2/c1-10-18-19-15(11-6-2-4-8-13(11)17)20(10)14-9-5-3-7-12(14)16(21)22/h2-9H,17H2,1H3,(H,21,22). The van der Waals surface area contributed by atoms with Crippen molar-refractivity contribution in [2.24, 2.45) is 0 Å². The number of nitrogens with two attached hydrogens (primary N) is 1. The number of carboxylic acid groups (broad SMARTS) is 1. The first-order valence-corrected chi connectivity index (χ1v) is 6.69. The molecule has 0 radical (unpaired) electrons. The van der Waals surface area contributed by atoms with E-state index in [2.05, 4.69) is 10.2 Å². The lowest BCUT2D eigenvalue weighted by atomic mass is 10.1. The van der Waals surface area contributed by atoms with Crippen molar-refractivity contribution in [2.75, 3.05) is 5.73 Å². The molecule has 6 heteroatoms. The Bertz CT molecular complexity index is 855. The zero-order chi connectivity index (χ0) is 15.7. The fourth-order valence-electron chi connectivity index (χ4n) is 2.38. The van der Waals surface area contributed by atoms with Gasteiger partial charge in [-0.3, -0.25) is 4.57 Å². The van der Waals surface area contributed by atoms with E-state index in [1.54, 1.807) is 41.8 Å². The van der Waals surface area contributed by atoms with E-state index >= 15 is 0 Å². The van der Waals surface area contributed by atoms with Gasteiger partial charge in [-0.25, -0.2) is 4.79 Å². The molecule has 0 saturated carbocycles. The maximum absolute atomic E-state index is 11.5. The Balaban J connectivity index is 2.28. The Morgan fingerprint density at radius 3 is 2.50 bits per heavy atom. The third kappa shape index (κ3) is 2.20. The minimum atomic E-state index is -1.00. The summed E-state index contributed by atoms with van der Waals surface area (Å²) in [5, 5.41) is 17.6. The second kappa shape index (κ2) is 5.33. The van der Waals surface area contributed by atoms with Gasteiger partial charge in [-0.15, -0.1) is 10.2 Å². The predicted octanol–water partition coefficient (Wildman–Crippen LogP) is 2.52. The fourth-order valence-corrected chi connectivity index (χ4v) is 2.38. The molecule has 3 N–H and O–H groups in total. The van der Waals surface area contributed by atoms with Crippen molar-refractivity contribution in [2.45, 2.75) is 6.92 Å². The number of para-hydroxylation sites is 2. The van der Waals surface area contributed by atoms with E-state index in [1.807, 2.05) is 18.2 Å². The molecule has 110 valence electrons. The van der Waals surface area contributed by atoms with Crippen LogP contribution in [-0.4, -0.2) is 25.8 Å². The lowest BCUT2D eigenvalue weighted by molar-refractivity contribution is 0.0697. The number of aromatic nitrogens is 3. The highest BCUT2D eigenvalue weighted by Gasteiger charge is 2.19. The fraction of sp³-hybridized carbons (Fsp3) is 0.0625. The van der Waals surface area contributed by atoms with Crippen LogP contribution in [0.5, 0.6) is 0 Å². The molecule has 0 aliphatic carbocycles. The maximum Gasteiger partial charge on any atom is 0.337 e. The van der Waals surface area contributed by atoms with Gasteiger partial charge in [-0.2, -0.15) is 0 Å². The summed E-state index contributed by atoms with van der Waals surface area (Å²) < 4.78 is 1.70. The zero-order valence-electron chi connectivity index (χ0n) is 11.9. The summed E-state index contributed by atoms with van der Waals surface area (Å²) in [4.78, 5) is 11.5. The topological polar surface area (TPSA) is 94.0 Å². The molecule has 0 aliphatic heterocycles. The minimum Gasteiger partial charge on any atom is -0.478 e. The van der Waals surface area contributed by atoms with Crippen molar-refractivity contribution in [3.05, 3.63) is 59.9 Å². The zero-order valence-corrected chi connectivity index (χ0v) is 11.9. The Morgan fingerprint density at radius 2 is 1.77 bits per heavy atom. The minimum absolute atomic E-state index is 0.182. The quantitative estimate of drug-likeness (QED) is 0.724. The first kappa shape index (κ1) is 13.8. The number of carbonyl (C=O) groups is 1. The van der Waals surface area contributed by atoms with Gasteiger partial charge in [0.25, 0.3) is 0 Å². The second-order valence-electron chi connectivity index (χ2n) is 4.82. The summed E-state index contributed by atoms with van der Waals surface area (Å²) in [5.74, 6) is 0.104. The van der Waals surface area contributed by atoms with Gasteiger partial charge in [-0.05, 0) is 31.2 Å². The van der Waals surface area contributed by atoms with Gasteiger partial charge in [0.05, 0.1) is 11.3 Å². The predicted molar refractivity (Wildman–Crippen MR) is 82.9 cm³/mol. The summed E-state index contributed by atoms with van der Waals surface area (Å²) in [6, 6.07) is 14.0. The normalized spacial score (nSPS) is 10.6.